The van der Waals surface area contributed by atoms with Crippen molar-refractivity contribution >= 4 is 11.3 Å². The molecule has 0 aliphatic carbocycles. The predicted octanol–water partition coefficient (Wildman–Crippen LogP) is 1.40. The summed E-state index contributed by atoms with van der Waals surface area (Å²) in [6.45, 7) is 10.5. The molecule has 2 N–H and O–H groups in total. The average Bonchev–Trinajstić information content (AvgIpc) is 2.67. The van der Waals surface area contributed by atoms with Crippen LogP contribution in [0.15, 0.2) is 0 Å². The van der Waals surface area contributed by atoms with Crippen molar-refractivity contribution in [2.45, 2.75) is 32.9 Å². The van der Waals surface area contributed by atoms with Crippen LogP contribution in [0.1, 0.15) is 28.5 Å². The summed E-state index contributed by atoms with van der Waals surface area (Å²) in [6.07, 6.45) is 0. The van der Waals surface area contributed by atoms with E-state index in [1.807, 2.05) is 0 Å². The van der Waals surface area contributed by atoms with Crippen molar-refractivity contribution in [2.24, 2.45) is 5.73 Å². The lowest BCUT2D eigenvalue weighted by Gasteiger charge is -2.42. The summed E-state index contributed by atoms with van der Waals surface area (Å²) in [6, 6.07) is 0.817. The molecule has 2 rings (SSSR count). The van der Waals surface area contributed by atoms with Gasteiger partial charge in [0.1, 0.15) is 0 Å². The molecule has 1 saturated heterocycles. The Labute approximate surface area is 114 Å². The van der Waals surface area contributed by atoms with Gasteiger partial charge >= 0.3 is 0 Å². The number of hydrogen-bond acceptors (Lipinski definition) is 5. The van der Waals surface area contributed by atoms with E-state index in [2.05, 4.69) is 37.6 Å². The van der Waals surface area contributed by atoms with Crippen molar-refractivity contribution in [3.8, 4) is 0 Å². The molecule has 0 amide bonds. The Kier molecular flexibility index (Phi) is 4.37. The highest BCUT2D eigenvalue weighted by molar-refractivity contribution is 7.11. The highest BCUT2D eigenvalue weighted by Crippen LogP contribution is 2.29. The van der Waals surface area contributed by atoms with Gasteiger partial charge in [0.2, 0.25) is 0 Å². The number of rotatable bonds is 3. The molecule has 1 aromatic heterocycles. The van der Waals surface area contributed by atoms with E-state index < -0.39 is 0 Å². The maximum absolute atomic E-state index is 5.93. The minimum atomic E-state index is 0.372. The van der Waals surface area contributed by atoms with Crippen LogP contribution < -0.4 is 5.73 Å². The molecule has 4 nitrogen and oxygen atoms in total. The summed E-state index contributed by atoms with van der Waals surface area (Å²) in [5.74, 6) is 0. The van der Waals surface area contributed by atoms with Crippen LogP contribution in [0.3, 0.4) is 0 Å². The Morgan fingerprint density at radius 1 is 1.44 bits per heavy atom. The van der Waals surface area contributed by atoms with Crippen LogP contribution in [0.2, 0.25) is 0 Å². The van der Waals surface area contributed by atoms with E-state index in [-0.39, 0.29) is 0 Å². The Morgan fingerprint density at radius 3 is 2.72 bits per heavy atom. The first kappa shape index (κ1) is 13.9. The number of aryl methyl sites for hydroxylation is 2. The number of nitrogens with two attached hydrogens (primary N) is 1. The van der Waals surface area contributed by atoms with Gasteiger partial charge in [-0.15, -0.1) is 11.3 Å². The zero-order valence-electron chi connectivity index (χ0n) is 11.8. The standard InChI is InChI=1S/C13H24N4S/c1-9(13-10(2)18-11(3)15-13)17-6-5-16(4)8-12(17)7-14/h9,12H,5-8,14H2,1-4H3. The third kappa shape index (κ3) is 2.74. The molecule has 1 fully saturated rings. The molecule has 18 heavy (non-hydrogen) atoms. The molecular formula is C13H24N4S. The second-order valence-corrected chi connectivity index (χ2v) is 6.65. The SMILES string of the molecule is Cc1nc(C(C)N2CCN(C)CC2CN)c(C)s1. The molecular weight excluding hydrogens is 244 g/mol. The highest BCUT2D eigenvalue weighted by Gasteiger charge is 2.30. The van der Waals surface area contributed by atoms with Crippen molar-refractivity contribution < 1.29 is 0 Å². The van der Waals surface area contributed by atoms with Crippen molar-refractivity contribution in [3.05, 3.63) is 15.6 Å². The fourth-order valence-corrected chi connectivity index (χ4v) is 3.74. The first-order valence-corrected chi connectivity index (χ1v) is 7.43. The Balaban J connectivity index is 2.17. The van der Waals surface area contributed by atoms with Crippen LogP contribution in [0.5, 0.6) is 0 Å². The van der Waals surface area contributed by atoms with Crippen LogP contribution in [0.4, 0.5) is 0 Å². The summed E-state index contributed by atoms with van der Waals surface area (Å²) in [5.41, 5.74) is 7.17. The molecule has 0 aromatic carbocycles. The first-order valence-electron chi connectivity index (χ1n) is 6.61. The zero-order valence-corrected chi connectivity index (χ0v) is 12.6. The number of aromatic nitrogens is 1. The van der Waals surface area contributed by atoms with Gasteiger partial charge in [-0.25, -0.2) is 4.98 Å². The van der Waals surface area contributed by atoms with E-state index >= 15 is 0 Å². The fourth-order valence-electron chi connectivity index (χ4n) is 2.83. The lowest BCUT2D eigenvalue weighted by molar-refractivity contribution is 0.0606. The quantitative estimate of drug-likeness (QED) is 0.900. The molecule has 0 radical (unpaired) electrons. The Hall–Kier alpha value is -0.490. The summed E-state index contributed by atoms with van der Waals surface area (Å²) in [4.78, 5) is 10.9. The van der Waals surface area contributed by atoms with Crippen molar-refractivity contribution in [1.29, 1.82) is 0 Å². The van der Waals surface area contributed by atoms with E-state index in [9.17, 15) is 0 Å². The van der Waals surface area contributed by atoms with Crippen molar-refractivity contribution in [2.75, 3.05) is 33.2 Å². The number of thiazole rings is 1. The van der Waals surface area contributed by atoms with E-state index in [0.29, 0.717) is 12.1 Å². The number of hydrogen-bond donors (Lipinski definition) is 1. The number of nitrogens with zero attached hydrogens (tertiary/aromatic N) is 3. The number of likely N-dealkylation sites (N-methyl/N-ethyl adjacent to an activating group) is 1. The molecule has 0 bridgehead atoms. The molecule has 102 valence electrons. The molecule has 1 aromatic rings. The predicted molar refractivity (Wildman–Crippen MR) is 77.0 cm³/mol. The van der Waals surface area contributed by atoms with Gasteiger partial charge < -0.3 is 10.6 Å². The normalized spacial score (nSPS) is 24.4. The van der Waals surface area contributed by atoms with E-state index in [0.717, 1.165) is 31.2 Å². The van der Waals surface area contributed by atoms with E-state index in [1.54, 1.807) is 11.3 Å². The third-order valence-electron chi connectivity index (χ3n) is 3.84. The summed E-state index contributed by atoms with van der Waals surface area (Å²) in [7, 11) is 2.17. The van der Waals surface area contributed by atoms with Gasteiger partial charge in [-0.05, 0) is 27.8 Å². The van der Waals surface area contributed by atoms with Crippen LogP contribution >= 0.6 is 11.3 Å². The maximum Gasteiger partial charge on any atom is 0.0900 e. The van der Waals surface area contributed by atoms with Crippen LogP contribution in [-0.4, -0.2) is 54.1 Å². The zero-order chi connectivity index (χ0) is 13.3. The van der Waals surface area contributed by atoms with Gasteiger partial charge in [-0.2, -0.15) is 0 Å². The molecule has 2 unspecified atom stereocenters. The van der Waals surface area contributed by atoms with Crippen LogP contribution in [0.25, 0.3) is 0 Å². The Bertz CT molecular complexity index is 404. The number of piperazine rings is 1. The fraction of sp³-hybridized carbons (Fsp3) is 0.769. The summed E-state index contributed by atoms with van der Waals surface area (Å²) in [5, 5.41) is 1.16. The van der Waals surface area contributed by atoms with Gasteiger partial charge in [0.25, 0.3) is 0 Å². The van der Waals surface area contributed by atoms with E-state index in [4.69, 9.17) is 10.7 Å². The monoisotopic (exact) mass is 268 g/mol. The minimum Gasteiger partial charge on any atom is -0.329 e. The van der Waals surface area contributed by atoms with Crippen LogP contribution in [-0.2, 0) is 0 Å². The molecule has 0 saturated carbocycles. The second kappa shape index (κ2) is 5.65. The summed E-state index contributed by atoms with van der Waals surface area (Å²) < 4.78 is 0. The summed E-state index contributed by atoms with van der Waals surface area (Å²) >= 11 is 1.79. The van der Waals surface area contributed by atoms with Gasteiger partial charge in [0.15, 0.2) is 0 Å². The average molecular weight is 268 g/mol. The largest absolute Gasteiger partial charge is 0.329 e. The van der Waals surface area contributed by atoms with Gasteiger partial charge in [-0.3, -0.25) is 4.90 Å². The smallest absolute Gasteiger partial charge is 0.0900 e. The van der Waals surface area contributed by atoms with Gasteiger partial charge in [-0.1, -0.05) is 0 Å². The topological polar surface area (TPSA) is 45.4 Å². The lowest BCUT2D eigenvalue weighted by atomic mass is 10.1. The first-order chi connectivity index (χ1) is 8.52. The molecule has 0 spiro atoms. The maximum atomic E-state index is 5.93. The van der Waals surface area contributed by atoms with Crippen molar-refractivity contribution in [1.82, 2.24) is 14.8 Å². The lowest BCUT2D eigenvalue weighted by Crippen LogP contribution is -2.55. The molecule has 1 aliphatic heterocycles. The highest BCUT2D eigenvalue weighted by atomic mass is 32.1. The van der Waals surface area contributed by atoms with Crippen LogP contribution in [0, 0.1) is 13.8 Å². The molecule has 5 heteroatoms. The third-order valence-corrected chi connectivity index (χ3v) is 4.74. The molecule has 1 aliphatic rings. The van der Waals surface area contributed by atoms with Crippen molar-refractivity contribution in [3.63, 3.8) is 0 Å². The molecule has 2 heterocycles. The van der Waals surface area contributed by atoms with E-state index in [1.165, 1.54) is 10.6 Å². The second-order valence-electron chi connectivity index (χ2n) is 5.24. The van der Waals surface area contributed by atoms with Gasteiger partial charge in [0, 0.05) is 37.1 Å². The minimum absolute atomic E-state index is 0.372. The Morgan fingerprint density at radius 2 is 2.17 bits per heavy atom. The molecule has 2 atom stereocenters. The van der Waals surface area contributed by atoms with Gasteiger partial charge in [0.05, 0.1) is 16.7 Å².